The maximum absolute atomic E-state index is 13.7. The van der Waals surface area contributed by atoms with Crippen molar-refractivity contribution in [2.45, 2.75) is 45.7 Å². The van der Waals surface area contributed by atoms with Gasteiger partial charge in [-0.05, 0) is 42.5 Å². The van der Waals surface area contributed by atoms with E-state index in [-0.39, 0.29) is 23.2 Å². The van der Waals surface area contributed by atoms with Crippen LogP contribution in [0.2, 0.25) is 0 Å². The number of nitrogens with zero attached hydrogens (tertiary/aromatic N) is 4. The third kappa shape index (κ3) is 3.83. The lowest BCUT2D eigenvalue weighted by Gasteiger charge is -2.36. The molecular weight excluding hydrogens is 357 g/mol. The van der Waals surface area contributed by atoms with Crippen molar-refractivity contribution in [3.63, 3.8) is 0 Å². The third-order valence-corrected chi connectivity index (χ3v) is 5.19. The fourth-order valence-electron chi connectivity index (χ4n) is 3.92. The molecule has 1 amide bonds. The largest absolute Gasteiger partial charge is 0.349 e. The molecule has 0 aliphatic heterocycles. The van der Waals surface area contributed by atoms with E-state index in [1.807, 2.05) is 18.3 Å². The molecule has 0 radical (unpaired) electrons. The second-order valence-corrected chi connectivity index (χ2v) is 8.12. The molecule has 1 aliphatic rings. The quantitative estimate of drug-likeness (QED) is 0.736. The van der Waals surface area contributed by atoms with Gasteiger partial charge in [-0.1, -0.05) is 19.9 Å². The molecule has 1 N–H and O–H groups in total. The molecule has 28 heavy (non-hydrogen) atoms. The molecule has 4 rings (SSSR count). The van der Waals surface area contributed by atoms with Crippen molar-refractivity contribution >= 4 is 5.91 Å². The first-order valence-electron chi connectivity index (χ1n) is 9.51. The number of amides is 1. The second kappa shape index (κ2) is 7.22. The monoisotopic (exact) mass is 381 g/mol. The van der Waals surface area contributed by atoms with E-state index in [0.29, 0.717) is 18.7 Å². The summed E-state index contributed by atoms with van der Waals surface area (Å²) in [5, 5.41) is 11.8. The third-order valence-electron chi connectivity index (χ3n) is 5.19. The van der Waals surface area contributed by atoms with Crippen molar-refractivity contribution in [1.82, 2.24) is 24.9 Å². The zero-order valence-corrected chi connectivity index (χ0v) is 16.1. The Labute approximate surface area is 163 Å². The Kier molecular flexibility index (Phi) is 4.75. The number of fused-ring (bicyclic) bond motifs is 1. The average Bonchev–Trinajstić information content (AvgIpc) is 3.28. The van der Waals surface area contributed by atoms with E-state index in [9.17, 15) is 9.18 Å². The van der Waals surface area contributed by atoms with E-state index < -0.39 is 0 Å². The minimum Gasteiger partial charge on any atom is -0.349 e. The van der Waals surface area contributed by atoms with Crippen LogP contribution in [-0.4, -0.2) is 25.5 Å². The van der Waals surface area contributed by atoms with Crippen molar-refractivity contribution in [1.29, 1.82) is 0 Å². The van der Waals surface area contributed by atoms with Crippen LogP contribution in [0.5, 0.6) is 0 Å². The number of halogens is 1. The summed E-state index contributed by atoms with van der Waals surface area (Å²) in [6.07, 6.45) is 7.37. The van der Waals surface area contributed by atoms with E-state index in [0.717, 1.165) is 24.1 Å². The summed E-state index contributed by atoms with van der Waals surface area (Å²) in [6, 6.07) is 8.16. The van der Waals surface area contributed by atoms with Gasteiger partial charge < -0.3 is 5.32 Å². The van der Waals surface area contributed by atoms with Gasteiger partial charge in [0.1, 0.15) is 5.82 Å². The van der Waals surface area contributed by atoms with Gasteiger partial charge in [-0.15, -0.1) is 0 Å². The summed E-state index contributed by atoms with van der Waals surface area (Å²) < 4.78 is 17.2. The number of rotatable bonds is 5. The molecule has 146 valence electrons. The summed E-state index contributed by atoms with van der Waals surface area (Å²) in [4.78, 5) is 12.5. The lowest BCUT2D eigenvalue weighted by atomic mass is 9.74. The standard InChI is InChI=1S/C21H24FN5O/c1-21(2)12-18(25-20(28)7-10-26-9-4-8-23-26)17-14-24-27(19(17)13-21)16-6-3-5-15(22)11-16/h3-6,8-9,11,14,18H,7,10,12-13H2,1-2H3,(H,25,28)/t18-/m1/s1. The Hall–Kier alpha value is -2.96. The Bertz CT molecular complexity index is 977. The van der Waals surface area contributed by atoms with Crippen molar-refractivity contribution < 1.29 is 9.18 Å². The molecule has 1 atom stereocenters. The Morgan fingerprint density at radius 2 is 2.18 bits per heavy atom. The Balaban J connectivity index is 1.56. The average molecular weight is 381 g/mol. The molecule has 0 fully saturated rings. The predicted molar refractivity (Wildman–Crippen MR) is 103 cm³/mol. The minimum absolute atomic E-state index is 0.00195. The van der Waals surface area contributed by atoms with Gasteiger partial charge in [-0.25, -0.2) is 9.07 Å². The molecule has 0 saturated carbocycles. The first kappa shape index (κ1) is 18.4. The summed E-state index contributed by atoms with van der Waals surface area (Å²) in [5.74, 6) is -0.303. The van der Waals surface area contributed by atoms with Crippen LogP contribution in [0.3, 0.4) is 0 Å². The van der Waals surface area contributed by atoms with Crippen molar-refractivity contribution in [3.05, 3.63) is 66.0 Å². The van der Waals surface area contributed by atoms with Crippen molar-refractivity contribution in [2.75, 3.05) is 0 Å². The fourth-order valence-corrected chi connectivity index (χ4v) is 3.92. The van der Waals surface area contributed by atoms with E-state index in [1.165, 1.54) is 12.1 Å². The molecule has 6 nitrogen and oxygen atoms in total. The van der Waals surface area contributed by atoms with Gasteiger partial charge in [0.2, 0.25) is 5.91 Å². The summed E-state index contributed by atoms with van der Waals surface area (Å²) in [5.41, 5.74) is 2.73. The topological polar surface area (TPSA) is 64.7 Å². The fraction of sp³-hybridized carbons (Fsp3) is 0.381. The molecule has 0 unspecified atom stereocenters. The van der Waals surface area contributed by atoms with Crippen LogP contribution in [0.4, 0.5) is 4.39 Å². The number of hydrogen-bond donors (Lipinski definition) is 1. The minimum atomic E-state index is -0.291. The zero-order chi connectivity index (χ0) is 19.7. The summed E-state index contributed by atoms with van der Waals surface area (Å²) in [7, 11) is 0. The van der Waals surface area contributed by atoms with E-state index >= 15 is 0 Å². The van der Waals surface area contributed by atoms with E-state index in [1.54, 1.807) is 27.8 Å². The van der Waals surface area contributed by atoms with Gasteiger partial charge in [0, 0.05) is 30.9 Å². The second-order valence-electron chi connectivity index (χ2n) is 8.12. The molecule has 7 heteroatoms. The van der Waals surface area contributed by atoms with Crippen LogP contribution in [0.15, 0.2) is 48.9 Å². The first-order chi connectivity index (χ1) is 13.4. The van der Waals surface area contributed by atoms with Gasteiger partial charge in [-0.2, -0.15) is 10.2 Å². The Morgan fingerprint density at radius 3 is 2.93 bits per heavy atom. The highest BCUT2D eigenvalue weighted by Crippen LogP contribution is 2.41. The van der Waals surface area contributed by atoms with E-state index in [2.05, 4.69) is 29.4 Å². The van der Waals surface area contributed by atoms with Gasteiger partial charge in [-0.3, -0.25) is 9.48 Å². The Morgan fingerprint density at radius 1 is 1.32 bits per heavy atom. The van der Waals surface area contributed by atoms with Crippen molar-refractivity contribution in [3.8, 4) is 5.69 Å². The maximum Gasteiger partial charge on any atom is 0.222 e. The predicted octanol–water partition coefficient (Wildman–Crippen LogP) is 3.43. The lowest BCUT2D eigenvalue weighted by molar-refractivity contribution is -0.122. The molecule has 1 aliphatic carbocycles. The molecule has 0 saturated heterocycles. The van der Waals surface area contributed by atoms with Crippen LogP contribution in [0.25, 0.3) is 5.69 Å². The van der Waals surface area contributed by atoms with Gasteiger partial charge in [0.25, 0.3) is 0 Å². The summed E-state index contributed by atoms with van der Waals surface area (Å²) in [6.45, 7) is 4.91. The molecule has 0 spiro atoms. The normalized spacial score (nSPS) is 17.9. The van der Waals surface area contributed by atoms with Crippen LogP contribution >= 0.6 is 0 Å². The molecule has 3 aromatic rings. The maximum atomic E-state index is 13.7. The molecule has 0 bridgehead atoms. The zero-order valence-electron chi connectivity index (χ0n) is 16.1. The number of aryl methyl sites for hydroxylation is 1. The highest BCUT2D eigenvalue weighted by atomic mass is 19.1. The van der Waals surface area contributed by atoms with E-state index in [4.69, 9.17) is 0 Å². The number of carbonyl (C=O) groups is 1. The number of aromatic nitrogens is 4. The molecular formula is C21H24FN5O. The van der Waals surface area contributed by atoms with Crippen LogP contribution in [0, 0.1) is 11.2 Å². The van der Waals surface area contributed by atoms with Gasteiger partial charge in [0.05, 0.1) is 23.6 Å². The number of carbonyl (C=O) groups excluding carboxylic acids is 1. The number of benzene rings is 1. The first-order valence-corrected chi connectivity index (χ1v) is 9.51. The highest BCUT2D eigenvalue weighted by molar-refractivity contribution is 5.76. The lowest BCUT2D eigenvalue weighted by Crippen LogP contribution is -2.37. The molecule has 1 aromatic carbocycles. The van der Waals surface area contributed by atoms with Crippen LogP contribution in [0.1, 0.15) is 44.0 Å². The van der Waals surface area contributed by atoms with Gasteiger partial charge >= 0.3 is 0 Å². The van der Waals surface area contributed by atoms with Gasteiger partial charge in [0.15, 0.2) is 0 Å². The number of hydrogen-bond acceptors (Lipinski definition) is 3. The van der Waals surface area contributed by atoms with Crippen LogP contribution in [-0.2, 0) is 17.8 Å². The smallest absolute Gasteiger partial charge is 0.222 e. The SMILES string of the molecule is CC1(C)Cc2c(cnn2-c2cccc(F)c2)[C@H](NC(=O)CCn2cccn2)C1. The molecule has 2 aromatic heterocycles. The van der Waals surface area contributed by atoms with Crippen molar-refractivity contribution in [2.24, 2.45) is 5.41 Å². The molecule has 2 heterocycles. The number of nitrogens with one attached hydrogen (secondary N) is 1. The van der Waals surface area contributed by atoms with Crippen LogP contribution < -0.4 is 5.32 Å². The highest BCUT2D eigenvalue weighted by Gasteiger charge is 2.36. The summed E-state index contributed by atoms with van der Waals surface area (Å²) >= 11 is 0.